The van der Waals surface area contributed by atoms with Crippen molar-refractivity contribution in [3.05, 3.63) is 45.9 Å². The van der Waals surface area contributed by atoms with Crippen LogP contribution < -0.4 is 10.2 Å². The summed E-state index contributed by atoms with van der Waals surface area (Å²) in [4.78, 5) is 33.3. The molecular weight excluding hydrogens is 572 g/mol. The van der Waals surface area contributed by atoms with E-state index in [-0.39, 0.29) is 6.04 Å². The number of benzene rings is 1. The number of nitrogens with one attached hydrogen (secondary N) is 1. The van der Waals surface area contributed by atoms with Crippen molar-refractivity contribution in [2.75, 3.05) is 38.4 Å². The van der Waals surface area contributed by atoms with Gasteiger partial charge in [0, 0.05) is 48.8 Å². The van der Waals surface area contributed by atoms with Gasteiger partial charge in [0.2, 0.25) is 0 Å². The molecule has 2 amide bonds. The maximum atomic E-state index is 13.1. The summed E-state index contributed by atoms with van der Waals surface area (Å²) in [6.45, 7) is 13.0. The van der Waals surface area contributed by atoms with Gasteiger partial charge in [0.05, 0.1) is 6.73 Å². The molecule has 2 aromatic rings. The van der Waals surface area contributed by atoms with Gasteiger partial charge in [-0.15, -0.1) is 11.3 Å². The molecule has 1 aromatic carbocycles. The Morgan fingerprint density at radius 2 is 1.71 bits per heavy atom. The van der Waals surface area contributed by atoms with Crippen LogP contribution in [0, 0.1) is 0 Å². The van der Waals surface area contributed by atoms with Gasteiger partial charge < -0.3 is 19.5 Å². The number of nitrogens with zero attached hydrogens (tertiary/aromatic N) is 3. The van der Waals surface area contributed by atoms with E-state index in [1.54, 1.807) is 18.2 Å². The number of methoxy groups -OCH3 is 1. The van der Waals surface area contributed by atoms with Gasteiger partial charge in [0.15, 0.2) is 5.13 Å². The number of amides is 2. The molecule has 9 nitrogen and oxygen atoms in total. The van der Waals surface area contributed by atoms with E-state index >= 15 is 0 Å². The highest BCUT2D eigenvalue weighted by molar-refractivity contribution is 9.10. The predicted molar refractivity (Wildman–Crippen MR) is 155 cm³/mol. The average Bonchev–Trinajstić information content (AvgIpc) is 3.32. The van der Waals surface area contributed by atoms with Crippen LogP contribution >= 0.6 is 27.3 Å². The Kier molecular flexibility index (Phi) is 12.5. The lowest BCUT2D eigenvalue weighted by atomic mass is 10.0. The van der Waals surface area contributed by atoms with Gasteiger partial charge in [0.25, 0.3) is 0 Å². The molecule has 38 heavy (non-hydrogen) atoms. The lowest BCUT2D eigenvalue weighted by molar-refractivity contribution is 0.0278. The van der Waals surface area contributed by atoms with Crippen molar-refractivity contribution >= 4 is 44.6 Å². The van der Waals surface area contributed by atoms with Crippen LogP contribution in [0.15, 0.2) is 40.3 Å². The van der Waals surface area contributed by atoms with Gasteiger partial charge >= 0.3 is 12.2 Å². The van der Waals surface area contributed by atoms with Crippen molar-refractivity contribution in [2.24, 2.45) is 0 Å². The van der Waals surface area contributed by atoms with Crippen molar-refractivity contribution in [1.29, 1.82) is 0 Å². The largest absolute Gasteiger partial charge is 0.444 e. The zero-order chi connectivity index (χ0) is 28.3. The van der Waals surface area contributed by atoms with Crippen LogP contribution in [0.4, 0.5) is 14.7 Å². The second kappa shape index (κ2) is 14.8. The van der Waals surface area contributed by atoms with Gasteiger partial charge in [-0.05, 0) is 72.1 Å². The number of rotatable bonds is 12. The van der Waals surface area contributed by atoms with Crippen LogP contribution in [0.3, 0.4) is 0 Å². The number of thiazole rings is 1. The number of alkyl carbamates (subject to hydrolysis) is 1. The molecule has 0 aliphatic heterocycles. The van der Waals surface area contributed by atoms with Crippen LogP contribution in [-0.2, 0) is 14.2 Å². The summed E-state index contributed by atoms with van der Waals surface area (Å²) in [5.41, 5.74) is -0.0781. The van der Waals surface area contributed by atoms with Crippen molar-refractivity contribution in [3.8, 4) is 0 Å². The molecule has 0 spiro atoms. The van der Waals surface area contributed by atoms with E-state index < -0.39 is 23.4 Å². The van der Waals surface area contributed by atoms with Gasteiger partial charge in [-0.1, -0.05) is 28.1 Å². The number of carbonyl (C=O) groups is 2. The normalized spacial score (nSPS) is 12.8. The first-order valence-corrected chi connectivity index (χ1v) is 14.3. The fourth-order valence-corrected chi connectivity index (χ4v) is 4.61. The van der Waals surface area contributed by atoms with E-state index in [4.69, 9.17) is 14.2 Å². The Morgan fingerprint density at radius 1 is 1.05 bits per heavy atom. The molecule has 0 unspecified atom stereocenters. The second-order valence-corrected chi connectivity index (χ2v) is 12.6. The number of hydrogen-bond donors (Lipinski definition) is 1. The molecule has 2 rings (SSSR count). The quantitative estimate of drug-likeness (QED) is 0.213. The van der Waals surface area contributed by atoms with Crippen LogP contribution in [0.5, 0.6) is 0 Å². The number of hydrogen-bond acceptors (Lipinski definition) is 8. The van der Waals surface area contributed by atoms with Crippen molar-refractivity contribution < 1.29 is 23.8 Å². The van der Waals surface area contributed by atoms with E-state index in [0.717, 1.165) is 10.0 Å². The molecule has 11 heteroatoms. The standard InChI is InChI=1S/C27H41BrN4O5S/c1-26(2,3)36-24(33)30-14-8-16-31(19-35-7)22(20-9-11-21(28)12-10-20)13-17-32(23-29-15-18-38-23)25(34)37-27(4,5)6/h9-12,15,18,22H,8,13-14,16-17,19H2,1-7H3,(H,30,33)/t22-/m0/s1. The summed E-state index contributed by atoms with van der Waals surface area (Å²) < 4.78 is 17.5. The van der Waals surface area contributed by atoms with Gasteiger partial charge in [-0.3, -0.25) is 9.80 Å². The summed E-state index contributed by atoms with van der Waals surface area (Å²) in [6, 6.07) is 8.08. The lowest BCUT2D eigenvalue weighted by Crippen LogP contribution is -2.40. The van der Waals surface area contributed by atoms with Crippen molar-refractivity contribution in [2.45, 2.75) is 71.6 Å². The molecule has 0 bridgehead atoms. The van der Waals surface area contributed by atoms with E-state index in [1.807, 2.05) is 59.1 Å². The Balaban J connectivity index is 2.18. The zero-order valence-corrected chi connectivity index (χ0v) is 25.9. The summed E-state index contributed by atoms with van der Waals surface area (Å²) >= 11 is 4.91. The third kappa shape index (κ3) is 11.7. The third-order valence-electron chi connectivity index (χ3n) is 5.17. The molecule has 0 aliphatic rings. The smallest absolute Gasteiger partial charge is 0.416 e. The molecule has 1 heterocycles. The highest BCUT2D eigenvalue weighted by Crippen LogP contribution is 2.29. The Labute approximate surface area is 239 Å². The van der Waals surface area contributed by atoms with Crippen molar-refractivity contribution in [3.63, 3.8) is 0 Å². The number of aromatic nitrogens is 1. The topological polar surface area (TPSA) is 93.2 Å². The van der Waals surface area contributed by atoms with Crippen LogP contribution in [0.1, 0.15) is 66.0 Å². The Hall–Kier alpha value is -2.21. The predicted octanol–water partition coefficient (Wildman–Crippen LogP) is 6.60. The fraction of sp³-hybridized carbons (Fsp3) is 0.593. The summed E-state index contributed by atoms with van der Waals surface area (Å²) in [5.74, 6) is 0. The number of ether oxygens (including phenoxy) is 3. The van der Waals surface area contributed by atoms with E-state index in [1.165, 1.54) is 11.3 Å². The molecule has 212 valence electrons. The zero-order valence-electron chi connectivity index (χ0n) is 23.5. The number of carbonyl (C=O) groups excluding carboxylic acids is 2. The molecule has 0 saturated carbocycles. The minimum atomic E-state index is -0.624. The van der Waals surface area contributed by atoms with E-state index in [9.17, 15) is 9.59 Å². The second-order valence-electron chi connectivity index (χ2n) is 10.8. The van der Waals surface area contributed by atoms with E-state index in [0.29, 0.717) is 44.3 Å². The molecule has 0 fully saturated rings. The molecular formula is C27H41BrN4O5S. The first kappa shape index (κ1) is 32.0. The Bertz CT molecular complexity index is 990. The molecule has 0 radical (unpaired) electrons. The number of halogens is 1. The molecule has 1 atom stereocenters. The Morgan fingerprint density at radius 3 is 2.26 bits per heavy atom. The first-order chi connectivity index (χ1) is 17.8. The molecule has 1 N–H and O–H groups in total. The fourth-order valence-electron chi connectivity index (χ4n) is 3.69. The van der Waals surface area contributed by atoms with Gasteiger partial charge in [-0.25, -0.2) is 14.6 Å². The van der Waals surface area contributed by atoms with E-state index in [2.05, 4.69) is 43.3 Å². The highest BCUT2D eigenvalue weighted by atomic mass is 79.9. The lowest BCUT2D eigenvalue weighted by Gasteiger charge is -2.33. The number of anilines is 1. The maximum Gasteiger partial charge on any atom is 0.416 e. The minimum Gasteiger partial charge on any atom is -0.444 e. The third-order valence-corrected chi connectivity index (χ3v) is 6.49. The summed E-state index contributed by atoms with van der Waals surface area (Å²) in [6.07, 6.45) is 2.12. The van der Waals surface area contributed by atoms with Crippen LogP contribution in [-0.4, -0.2) is 66.7 Å². The van der Waals surface area contributed by atoms with Crippen LogP contribution in [0.2, 0.25) is 0 Å². The molecule has 0 saturated heterocycles. The molecule has 1 aromatic heterocycles. The summed E-state index contributed by atoms with van der Waals surface area (Å²) in [7, 11) is 1.66. The summed E-state index contributed by atoms with van der Waals surface area (Å²) in [5, 5.41) is 5.25. The highest BCUT2D eigenvalue weighted by Gasteiger charge is 2.28. The van der Waals surface area contributed by atoms with Gasteiger partial charge in [-0.2, -0.15) is 0 Å². The van der Waals surface area contributed by atoms with Crippen molar-refractivity contribution in [1.82, 2.24) is 15.2 Å². The van der Waals surface area contributed by atoms with Gasteiger partial charge in [0.1, 0.15) is 11.2 Å². The monoisotopic (exact) mass is 612 g/mol. The SMILES string of the molecule is COCN(CCCNC(=O)OC(C)(C)C)[C@@H](CCN(C(=O)OC(C)(C)C)c1nccs1)c1ccc(Br)cc1. The van der Waals surface area contributed by atoms with Crippen LogP contribution in [0.25, 0.3) is 0 Å². The maximum absolute atomic E-state index is 13.1. The first-order valence-electron chi connectivity index (χ1n) is 12.6. The minimum absolute atomic E-state index is 0.0607. The molecule has 0 aliphatic carbocycles. The average molecular weight is 614 g/mol.